The number of Topliss-reactive ketones (excluding diaryl/α,β-unsaturated/α-hetero) is 1. The van der Waals surface area contributed by atoms with Crippen molar-refractivity contribution in [3.05, 3.63) is 48.7 Å². The number of benzene rings is 2. The van der Waals surface area contributed by atoms with E-state index in [0.29, 0.717) is 17.9 Å². The summed E-state index contributed by atoms with van der Waals surface area (Å²) in [6.45, 7) is 0.420. The number of carbonyl (C=O) groups excluding carboxylic acids is 2. The van der Waals surface area contributed by atoms with Crippen LogP contribution in [0.1, 0.15) is 12.8 Å². The van der Waals surface area contributed by atoms with Gasteiger partial charge in [0, 0.05) is 29.7 Å². The highest BCUT2D eigenvalue weighted by Crippen LogP contribution is 2.20. The first-order valence-electron chi connectivity index (χ1n) is 8.22. The molecule has 26 heavy (non-hydrogen) atoms. The number of nitrogens with one attached hydrogen (secondary N) is 1. The fourth-order valence-electron chi connectivity index (χ4n) is 2.64. The molecular weight excluding hydrogens is 332 g/mol. The summed E-state index contributed by atoms with van der Waals surface area (Å²) in [5, 5.41) is 7.92. The van der Waals surface area contributed by atoms with E-state index in [1.807, 2.05) is 18.2 Å². The van der Waals surface area contributed by atoms with Crippen LogP contribution in [0.4, 0.5) is 11.4 Å². The Morgan fingerprint density at radius 3 is 2.69 bits per heavy atom. The van der Waals surface area contributed by atoms with Gasteiger partial charge in [0.15, 0.2) is 0 Å². The fraction of sp³-hybridized carbons (Fsp3) is 0.211. The van der Waals surface area contributed by atoms with Crippen molar-refractivity contribution >= 4 is 34.0 Å². The molecule has 1 amide bonds. The third-order valence-electron chi connectivity index (χ3n) is 4.00. The van der Waals surface area contributed by atoms with Crippen LogP contribution in [0.25, 0.3) is 10.9 Å². The maximum Gasteiger partial charge on any atom is 0.231 e. The molecule has 0 unspecified atom stereocenters. The maximum atomic E-state index is 12.1. The molecule has 0 fully saturated rings. The van der Waals surface area contributed by atoms with Crippen LogP contribution in [-0.2, 0) is 16.1 Å². The van der Waals surface area contributed by atoms with Crippen LogP contribution in [0.5, 0.6) is 5.75 Å². The lowest BCUT2D eigenvalue weighted by molar-refractivity contribution is -0.125. The van der Waals surface area contributed by atoms with Crippen molar-refractivity contribution in [3.63, 3.8) is 0 Å². The van der Waals surface area contributed by atoms with Gasteiger partial charge in [-0.1, -0.05) is 0 Å². The van der Waals surface area contributed by atoms with Crippen LogP contribution < -0.4 is 15.8 Å². The lowest BCUT2D eigenvalue weighted by Gasteiger charge is -2.06. The van der Waals surface area contributed by atoms with Crippen molar-refractivity contribution in [2.75, 3.05) is 18.2 Å². The molecule has 0 spiro atoms. The first kappa shape index (κ1) is 17.5. The molecule has 1 heterocycles. The number of nitrogen functional groups attached to an aromatic ring is 1. The number of anilines is 2. The number of ketones is 1. The first-order valence-corrected chi connectivity index (χ1v) is 8.22. The summed E-state index contributed by atoms with van der Waals surface area (Å²) < 4.78 is 6.94. The number of aromatic nitrogens is 2. The molecule has 7 nitrogen and oxygen atoms in total. The topological polar surface area (TPSA) is 99.2 Å². The van der Waals surface area contributed by atoms with Gasteiger partial charge in [-0.05, 0) is 42.5 Å². The quantitative estimate of drug-likeness (QED) is 0.503. The Morgan fingerprint density at radius 1 is 1.19 bits per heavy atom. The average molecular weight is 352 g/mol. The molecule has 2 aromatic carbocycles. The number of rotatable bonds is 7. The Morgan fingerprint density at radius 2 is 1.96 bits per heavy atom. The van der Waals surface area contributed by atoms with Crippen molar-refractivity contribution in [3.8, 4) is 5.75 Å². The van der Waals surface area contributed by atoms with Crippen LogP contribution in [0, 0.1) is 0 Å². The molecule has 3 aromatic rings. The van der Waals surface area contributed by atoms with Gasteiger partial charge in [0.05, 0.1) is 25.2 Å². The summed E-state index contributed by atoms with van der Waals surface area (Å²) >= 11 is 0. The highest BCUT2D eigenvalue weighted by molar-refractivity contribution is 6.04. The molecule has 0 saturated heterocycles. The van der Waals surface area contributed by atoms with Gasteiger partial charge >= 0.3 is 0 Å². The maximum absolute atomic E-state index is 12.1. The number of hydrogen-bond acceptors (Lipinski definition) is 5. The molecule has 1 aromatic heterocycles. The van der Waals surface area contributed by atoms with Crippen LogP contribution in [0.3, 0.4) is 0 Å². The van der Waals surface area contributed by atoms with Gasteiger partial charge in [-0.3, -0.25) is 14.3 Å². The lowest BCUT2D eigenvalue weighted by atomic mass is 10.2. The lowest BCUT2D eigenvalue weighted by Crippen LogP contribution is -2.17. The van der Waals surface area contributed by atoms with Gasteiger partial charge in [0.2, 0.25) is 5.91 Å². The Hall–Kier alpha value is -3.35. The summed E-state index contributed by atoms with van der Waals surface area (Å²) in [6.07, 6.45) is 1.80. The Kier molecular flexibility index (Phi) is 5.17. The number of nitrogens with two attached hydrogens (primary N) is 1. The number of aryl methyl sites for hydroxylation is 1. The van der Waals surface area contributed by atoms with E-state index in [1.54, 1.807) is 42.3 Å². The van der Waals surface area contributed by atoms with E-state index in [-0.39, 0.29) is 24.5 Å². The third kappa shape index (κ3) is 4.18. The van der Waals surface area contributed by atoms with Crippen LogP contribution in [0.15, 0.2) is 48.7 Å². The Bertz CT molecular complexity index is 932. The highest BCUT2D eigenvalue weighted by atomic mass is 16.5. The summed E-state index contributed by atoms with van der Waals surface area (Å²) in [5.74, 6) is 0.275. The van der Waals surface area contributed by atoms with Gasteiger partial charge in [0.1, 0.15) is 11.5 Å². The van der Waals surface area contributed by atoms with Gasteiger partial charge in [0.25, 0.3) is 0 Å². The molecule has 0 radical (unpaired) electrons. The highest BCUT2D eigenvalue weighted by Gasteiger charge is 2.11. The van der Waals surface area contributed by atoms with Crippen molar-refractivity contribution in [1.82, 2.24) is 9.78 Å². The summed E-state index contributed by atoms with van der Waals surface area (Å²) in [6, 6.07) is 12.4. The second-order valence-electron chi connectivity index (χ2n) is 5.93. The van der Waals surface area contributed by atoms with Crippen LogP contribution in [-0.4, -0.2) is 28.6 Å². The second-order valence-corrected chi connectivity index (χ2v) is 5.93. The average Bonchev–Trinajstić information content (AvgIpc) is 3.04. The molecule has 3 N–H and O–H groups in total. The second kappa shape index (κ2) is 7.69. The fourth-order valence-corrected chi connectivity index (χ4v) is 2.64. The van der Waals surface area contributed by atoms with Gasteiger partial charge in [-0.2, -0.15) is 5.10 Å². The Balaban J connectivity index is 1.53. The zero-order chi connectivity index (χ0) is 18.5. The van der Waals surface area contributed by atoms with E-state index in [2.05, 4.69) is 10.4 Å². The zero-order valence-corrected chi connectivity index (χ0v) is 14.4. The van der Waals surface area contributed by atoms with E-state index in [1.165, 1.54) is 0 Å². The van der Waals surface area contributed by atoms with Crippen molar-refractivity contribution in [2.45, 2.75) is 19.4 Å². The van der Waals surface area contributed by atoms with E-state index < -0.39 is 0 Å². The number of amides is 1. The van der Waals surface area contributed by atoms with Crippen molar-refractivity contribution < 1.29 is 14.3 Å². The number of methoxy groups -OCH3 is 1. The van der Waals surface area contributed by atoms with Crippen LogP contribution >= 0.6 is 0 Å². The molecule has 134 valence electrons. The monoisotopic (exact) mass is 352 g/mol. The van der Waals surface area contributed by atoms with E-state index in [9.17, 15) is 9.59 Å². The van der Waals surface area contributed by atoms with E-state index >= 15 is 0 Å². The molecule has 0 saturated carbocycles. The smallest absolute Gasteiger partial charge is 0.231 e. The normalized spacial score (nSPS) is 10.7. The molecule has 7 heteroatoms. The summed E-state index contributed by atoms with van der Waals surface area (Å²) in [4.78, 5) is 24.0. The van der Waals surface area contributed by atoms with E-state index in [0.717, 1.165) is 16.7 Å². The Labute approximate surface area is 150 Å². The molecule has 0 aliphatic rings. The van der Waals surface area contributed by atoms with Crippen LogP contribution in [0.2, 0.25) is 0 Å². The molecule has 0 atom stereocenters. The van der Waals surface area contributed by atoms with Crippen molar-refractivity contribution in [1.29, 1.82) is 0 Å². The first-order chi connectivity index (χ1) is 12.5. The summed E-state index contributed by atoms with van der Waals surface area (Å²) in [7, 11) is 1.61. The number of hydrogen-bond donors (Lipinski definition) is 2. The number of ether oxygens (including phenoxy) is 1. The molecule has 0 aliphatic carbocycles. The van der Waals surface area contributed by atoms with E-state index in [4.69, 9.17) is 10.5 Å². The predicted molar refractivity (Wildman–Crippen MR) is 100 cm³/mol. The van der Waals surface area contributed by atoms with Crippen molar-refractivity contribution in [2.24, 2.45) is 0 Å². The minimum atomic E-state index is -0.338. The SMILES string of the molecule is COc1ccc2c(cnn2CCC(=O)CC(=O)Nc2ccc(N)cc2)c1. The third-order valence-corrected chi connectivity index (χ3v) is 4.00. The largest absolute Gasteiger partial charge is 0.497 e. The number of nitrogens with zero attached hydrogens (tertiary/aromatic N) is 2. The minimum Gasteiger partial charge on any atom is -0.497 e. The van der Waals surface area contributed by atoms with Gasteiger partial charge in [-0.25, -0.2) is 0 Å². The minimum absolute atomic E-state index is 0.143. The standard InChI is InChI=1S/C19H20N4O3/c1-26-17-6-7-18-13(10-17)12-21-23(18)9-8-16(24)11-19(25)22-15-4-2-14(20)3-5-15/h2-7,10,12H,8-9,11,20H2,1H3,(H,22,25). The zero-order valence-electron chi connectivity index (χ0n) is 14.4. The number of carbonyl (C=O) groups is 2. The number of fused-ring (bicyclic) bond motifs is 1. The molecule has 3 rings (SSSR count). The predicted octanol–water partition coefficient (Wildman–Crippen LogP) is 2.62. The molecule has 0 aliphatic heterocycles. The van der Waals surface area contributed by atoms with Gasteiger partial charge < -0.3 is 15.8 Å². The summed E-state index contributed by atoms with van der Waals surface area (Å²) in [5.41, 5.74) is 7.75. The van der Waals surface area contributed by atoms with Gasteiger partial charge in [-0.15, -0.1) is 0 Å². The molecule has 0 bridgehead atoms. The molecular formula is C19H20N4O3.